The molecule has 2 aromatic heterocycles. The van der Waals surface area contributed by atoms with Crippen LogP contribution in [0.3, 0.4) is 0 Å². The Balaban J connectivity index is 1.19. The van der Waals surface area contributed by atoms with Gasteiger partial charge in [-0.25, -0.2) is 4.98 Å². The number of aromatic nitrogens is 2. The molecule has 11 rings (SSSR count). The molecule has 0 amide bonds. The molecule has 2 aliphatic carbocycles. The van der Waals surface area contributed by atoms with Gasteiger partial charge in [-0.05, 0) is 80.4 Å². The van der Waals surface area contributed by atoms with E-state index in [0.29, 0.717) is 0 Å². The predicted molar refractivity (Wildman–Crippen MR) is 230 cm³/mol. The summed E-state index contributed by atoms with van der Waals surface area (Å²) >= 11 is 0. The molecule has 9 aromatic rings. The molecule has 0 spiro atoms. The Bertz CT molecular complexity index is 2940. The standard InChI is InChI=1S/C53H40N2/c1-52(2)41-24-14-11-21-38(41)46-49-47(39-22-12-15-25-42(39)53(49,3)4)51-48(50(46)52)40-23-13-16-26-45(40)55(51)37-29-27-35(28-30-37)44-32-36(33-17-7-5-8-18-33)31-43(54-44)34-19-9-6-10-20-34/h5-32H,1-4H3. The monoisotopic (exact) mass is 704 g/mol. The van der Waals surface area contributed by atoms with Gasteiger partial charge in [0.2, 0.25) is 0 Å². The molecule has 262 valence electrons. The SMILES string of the molecule is CC1(C)c2ccccc2-c2c1c1c(c3c4ccccc4n(-c4ccc(-c5cc(-c6ccccc6)cc(-c6ccccc6)n5)cc4)c23)C(C)(C)c2ccccc2-1. The Hall–Kier alpha value is -6.51. The van der Waals surface area contributed by atoms with E-state index in [4.69, 9.17) is 4.98 Å². The summed E-state index contributed by atoms with van der Waals surface area (Å²) in [6.45, 7) is 9.72. The van der Waals surface area contributed by atoms with Gasteiger partial charge in [-0.3, -0.25) is 0 Å². The van der Waals surface area contributed by atoms with Gasteiger partial charge in [-0.1, -0.05) is 167 Å². The highest BCUT2D eigenvalue weighted by Gasteiger charge is 2.47. The third-order valence-corrected chi connectivity index (χ3v) is 12.5. The first-order chi connectivity index (χ1) is 26.8. The molecule has 2 heterocycles. The molecular weight excluding hydrogens is 665 g/mol. The van der Waals surface area contributed by atoms with E-state index in [9.17, 15) is 0 Å². The minimum Gasteiger partial charge on any atom is -0.309 e. The smallest absolute Gasteiger partial charge is 0.0715 e. The zero-order chi connectivity index (χ0) is 37.1. The summed E-state index contributed by atoms with van der Waals surface area (Å²) < 4.78 is 2.55. The van der Waals surface area contributed by atoms with Gasteiger partial charge in [0.1, 0.15) is 0 Å². The van der Waals surface area contributed by atoms with Crippen LogP contribution in [0.4, 0.5) is 0 Å². The molecule has 2 heteroatoms. The van der Waals surface area contributed by atoms with E-state index in [2.05, 4.69) is 202 Å². The number of hydrogen-bond acceptors (Lipinski definition) is 1. The van der Waals surface area contributed by atoms with Crippen LogP contribution in [0.1, 0.15) is 49.9 Å². The van der Waals surface area contributed by atoms with Crippen LogP contribution in [-0.4, -0.2) is 9.55 Å². The van der Waals surface area contributed by atoms with Gasteiger partial charge in [-0.2, -0.15) is 0 Å². The van der Waals surface area contributed by atoms with Crippen LogP contribution >= 0.6 is 0 Å². The number of nitrogens with zero attached hydrogens (tertiary/aromatic N) is 2. The second-order valence-corrected chi connectivity index (χ2v) is 16.3. The van der Waals surface area contributed by atoms with Gasteiger partial charge in [0.15, 0.2) is 0 Å². The van der Waals surface area contributed by atoms with Crippen LogP contribution in [-0.2, 0) is 10.8 Å². The molecule has 0 atom stereocenters. The van der Waals surface area contributed by atoms with Crippen molar-refractivity contribution < 1.29 is 0 Å². The molecule has 2 nitrogen and oxygen atoms in total. The molecule has 0 radical (unpaired) electrons. The van der Waals surface area contributed by atoms with Crippen molar-refractivity contribution in [2.24, 2.45) is 0 Å². The van der Waals surface area contributed by atoms with Crippen molar-refractivity contribution in [3.05, 3.63) is 192 Å². The second-order valence-electron chi connectivity index (χ2n) is 16.3. The highest BCUT2D eigenvalue weighted by Crippen LogP contribution is 2.63. The summed E-state index contributed by atoms with van der Waals surface area (Å²) in [6.07, 6.45) is 0. The fourth-order valence-electron chi connectivity index (χ4n) is 10.0. The van der Waals surface area contributed by atoms with E-state index >= 15 is 0 Å². The molecule has 2 aliphatic rings. The average Bonchev–Trinajstić information content (AvgIpc) is 3.78. The van der Waals surface area contributed by atoms with Crippen LogP contribution in [0, 0.1) is 0 Å². The van der Waals surface area contributed by atoms with E-state index in [1.807, 2.05) is 0 Å². The summed E-state index contributed by atoms with van der Waals surface area (Å²) in [7, 11) is 0. The third kappa shape index (κ3) is 4.46. The zero-order valence-electron chi connectivity index (χ0n) is 31.6. The topological polar surface area (TPSA) is 17.8 Å². The molecule has 0 aliphatic heterocycles. The number of para-hydroxylation sites is 1. The van der Waals surface area contributed by atoms with Crippen molar-refractivity contribution in [2.75, 3.05) is 0 Å². The molecule has 0 saturated carbocycles. The molecule has 0 unspecified atom stereocenters. The highest BCUT2D eigenvalue weighted by molar-refractivity contribution is 6.21. The average molecular weight is 705 g/mol. The van der Waals surface area contributed by atoms with Crippen LogP contribution < -0.4 is 0 Å². The summed E-state index contributed by atoms with van der Waals surface area (Å²) in [5.41, 5.74) is 21.0. The molecule has 0 saturated heterocycles. The molecule has 0 fully saturated rings. The van der Waals surface area contributed by atoms with Crippen molar-refractivity contribution in [1.29, 1.82) is 0 Å². The fourth-order valence-corrected chi connectivity index (χ4v) is 10.0. The van der Waals surface area contributed by atoms with Crippen LogP contribution in [0.5, 0.6) is 0 Å². The van der Waals surface area contributed by atoms with Gasteiger partial charge < -0.3 is 4.57 Å². The lowest BCUT2D eigenvalue weighted by molar-refractivity contribution is 0.651. The molecule has 0 bridgehead atoms. The van der Waals surface area contributed by atoms with E-state index in [-0.39, 0.29) is 10.8 Å². The van der Waals surface area contributed by atoms with Gasteiger partial charge in [0, 0.05) is 44.0 Å². The first-order valence-corrected chi connectivity index (χ1v) is 19.4. The molecule has 0 N–H and O–H groups in total. The summed E-state index contributed by atoms with van der Waals surface area (Å²) in [6, 6.07) is 62.0. The lowest BCUT2D eigenvalue weighted by Gasteiger charge is -2.27. The zero-order valence-corrected chi connectivity index (χ0v) is 31.6. The van der Waals surface area contributed by atoms with Crippen molar-refractivity contribution in [2.45, 2.75) is 38.5 Å². The van der Waals surface area contributed by atoms with E-state index < -0.39 is 0 Å². The third-order valence-electron chi connectivity index (χ3n) is 12.5. The van der Waals surface area contributed by atoms with Gasteiger partial charge in [-0.15, -0.1) is 0 Å². The number of pyridine rings is 1. The Morgan fingerprint density at radius 1 is 0.436 bits per heavy atom. The predicted octanol–water partition coefficient (Wildman–Crippen LogP) is 13.8. The number of fused-ring (bicyclic) bond motifs is 12. The van der Waals surface area contributed by atoms with E-state index in [1.54, 1.807) is 0 Å². The van der Waals surface area contributed by atoms with Crippen LogP contribution in [0.2, 0.25) is 0 Å². The minimum atomic E-state index is -0.172. The maximum Gasteiger partial charge on any atom is 0.0715 e. The van der Waals surface area contributed by atoms with Crippen LogP contribution in [0.25, 0.3) is 83.4 Å². The Labute approximate surface area is 322 Å². The highest BCUT2D eigenvalue weighted by atomic mass is 15.0. The van der Waals surface area contributed by atoms with Gasteiger partial charge in [0.05, 0.1) is 22.4 Å². The minimum absolute atomic E-state index is 0.172. The largest absolute Gasteiger partial charge is 0.309 e. The Morgan fingerprint density at radius 3 is 1.60 bits per heavy atom. The number of hydrogen-bond donors (Lipinski definition) is 0. The molecule has 55 heavy (non-hydrogen) atoms. The quantitative estimate of drug-likeness (QED) is 0.178. The lowest BCUT2D eigenvalue weighted by atomic mass is 9.75. The lowest BCUT2D eigenvalue weighted by Crippen LogP contribution is -2.19. The normalized spacial score (nSPS) is 14.5. The second kappa shape index (κ2) is 11.5. The van der Waals surface area contributed by atoms with E-state index in [1.165, 1.54) is 71.9 Å². The Kier molecular flexibility index (Phi) is 6.68. The van der Waals surface area contributed by atoms with Crippen molar-refractivity contribution >= 4 is 21.8 Å². The summed E-state index contributed by atoms with van der Waals surface area (Å²) in [4.78, 5) is 5.25. The van der Waals surface area contributed by atoms with Gasteiger partial charge in [0.25, 0.3) is 0 Å². The first kappa shape index (κ1) is 32.0. The number of rotatable bonds is 4. The van der Waals surface area contributed by atoms with Crippen molar-refractivity contribution in [3.8, 4) is 61.6 Å². The maximum absolute atomic E-state index is 5.25. The van der Waals surface area contributed by atoms with Crippen LogP contribution in [0.15, 0.2) is 170 Å². The van der Waals surface area contributed by atoms with Crippen molar-refractivity contribution in [3.63, 3.8) is 0 Å². The Morgan fingerprint density at radius 2 is 0.945 bits per heavy atom. The summed E-state index contributed by atoms with van der Waals surface area (Å²) in [5, 5.41) is 2.67. The molecular formula is C53H40N2. The van der Waals surface area contributed by atoms with E-state index in [0.717, 1.165) is 33.8 Å². The molecule has 7 aromatic carbocycles. The van der Waals surface area contributed by atoms with Gasteiger partial charge >= 0.3 is 0 Å². The maximum atomic E-state index is 5.25. The summed E-state index contributed by atoms with van der Waals surface area (Å²) in [5.74, 6) is 0. The van der Waals surface area contributed by atoms with Crippen molar-refractivity contribution in [1.82, 2.24) is 9.55 Å². The first-order valence-electron chi connectivity index (χ1n) is 19.4. The number of benzene rings is 7. The fraction of sp³-hybridized carbons (Fsp3) is 0.113.